The predicted octanol–water partition coefficient (Wildman–Crippen LogP) is 4.25. The quantitative estimate of drug-likeness (QED) is 0.582. The highest BCUT2D eigenvalue weighted by Crippen LogP contribution is 2.40. The standard InChI is InChI=1S/C25H31N5O2/c1-4-32-23-8-6-5-7-22(23)28-11-13-29(14-12-28)25(31)19-15-21(18-9-10-18)27-24-20(19)16-26-30(24)17(2)3/h5-8,15-18H,4,9-14H2,1-3H3. The van der Waals surface area contributed by atoms with E-state index >= 15 is 0 Å². The molecule has 2 aliphatic rings. The molecule has 7 nitrogen and oxygen atoms in total. The minimum atomic E-state index is 0.0837. The third kappa shape index (κ3) is 3.80. The maximum Gasteiger partial charge on any atom is 0.254 e. The molecule has 2 fully saturated rings. The van der Waals surface area contributed by atoms with E-state index in [0.717, 1.165) is 59.7 Å². The van der Waals surface area contributed by atoms with Crippen LogP contribution in [0, 0.1) is 0 Å². The molecular weight excluding hydrogens is 402 g/mol. The first-order valence-corrected chi connectivity index (χ1v) is 11.7. The molecular formula is C25H31N5O2. The molecule has 0 unspecified atom stereocenters. The lowest BCUT2D eigenvalue weighted by Crippen LogP contribution is -2.49. The van der Waals surface area contributed by atoms with Gasteiger partial charge >= 0.3 is 0 Å². The molecule has 0 spiro atoms. The number of aromatic nitrogens is 3. The summed E-state index contributed by atoms with van der Waals surface area (Å²) >= 11 is 0. The Balaban J connectivity index is 1.39. The van der Waals surface area contributed by atoms with Crippen LogP contribution in [0.15, 0.2) is 36.5 Å². The summed E-state index contributed by atoms with van der Waals surface area (Å²) in [6.07, 6.45) is 4.11. The lowest BCUT2D eigenvalue weighted by atomic mass is 10.1. The maximum atomic E-state index is 13.6. The zero-order valence-electron chi connectivity index (χ0n) is 19.1. The molecule has 3 heterocycles. The third-order valence-electron chi connectivity index (χ3n) is 6.37. The molecule has 1 saturated carbocycles. The molecule has 1 amide bonds. The fourth-order valence-corrected chi connectivity index (χ4v) is 4.50. The summed E-state index contributed by atoms with van der Waals surface area (Å²) < 4.78 is 7.74. The van der Waals surface area contributed by atoms with E-state index in [9.17, 15) is 4.79 Å². The molecule has 1 aromatic carbocycles. The van der Waals surface area contributed by atoms with Gasteiger partial charge in [-0.15, -0.1) is 0 Å². The molecule has 1 aliphatic carbocycles. The van der Waals surface area contributed by atoms with Crippen LogP contribution >= 0.6 is 0 Å². The van der Waals surface area contributed by atoms with Gasteiger partial charge in [0.25, 0.3) is 5.91 Å². The highest BCUT2D eigenvalue weighted by Gasteiger charge is 2.30. The topological polar surface area (TPSA) is 63.5 Å². The average Bonchev–Trinajstić information content (AvgIpc) is 3.57. The monoisotopic (exact) mass is 433 g/mol. The Labute approximate surface area is 189 Å². The van der Waals surface area contributed by atoms with E-state index in [-0.39, 0.29) is 11.9 Å². The van der Waals surface area contributed by atoms with E-state index in [1.165, 1.54) is 0 Å². The van der Waals surface area contributed by atoms with E-state index < -0.39 is 0 Å². The number of hydrogen-bond acceptors (Lipinski definition) is 5. The molecule has 2 aromatic heterocycles. The van der Waals surface area contributed by atoms with Crippen LogP contribution in [0.4, 0.5) is 5.69 Å². The number of nitrogens with zero attached hydrogens (tertiary/aromatic N) is 5. The number of carbonyl (C=O) groups excluding carboxylic acids is 1. The van der Waals surface area contributed by atoms with Gasteiger partial charge in [-0.05, 0) is 51.8 Å². The van der Waals surface area contributed by atoms with Gasteiger partial charge in [-0.1, -0.05) is 12.1 Å². The first-order valence-electron chi connectivity index (χ1n) is 11.7. The van der Waals surface area contributed by atoms with Gasteiger partial charge in [-0.3, -0.25) is 4.79 Å². The average molecular weight is 434 g/mol. The van der Waals surface area contributed by atoms with Crippen molar-refractivity contribution < 1.29 is 9.53 Å². The van der Waals surface area contributed by atoms with Gasteiger partial charge in [0.1, 0.15) is 5.75 Å². The second kappa shape index (κ2) is 8.45. The van der Waals surface area contributed by atoms with Crippen molar-refractivity contribution >= 4 is 22.6 Å². The molecule has 0 bridgehead atoms. The maximum absolute atomic E-state index is 13.6. The number of rotatable bonds is 6. The summed E-state index contributed by atoms with van der Waals surface area (Å²) in [5.74, 6) is 1.47. The summed E-state index contributed by atoms with van der Waals surface area (Å²) in [6, 6.07) is 10.4. The minimum Gasteiger partial charge on any atom is -0.492 e. The van der Waals surface area contributed by atoms with Crippen LogP contribution in [-0.4, -0.2) is 58.4 Å². The lowest BCUT2D eigenvalue weighted by Gasteiger charge is -2.36. The van der Waals surface area contributed by atoms with Crippen molar-refractivity contribution in [2.45, 2.75) is 45.6 Å². The molecule has 7 heteroatoms. The van der Waals surface area contributed by atoms with Crippen molar-refractivity contribution in [1.82, 2.24) is 19.7 Å². The number of hydrogen-bond donors (Lipinski definition) is 0. The summed E-state index contributed by atoms with van der Waals surface area (Å²) in [5.41, 5.74) is 3.71. The number of fused-ring (bicyclic) bond motifs is 1. The summed E-state index contributed by atoms with van der Waals surface area (Å²) in [7, 11) is 0. The number of piperazine rings is 1. The third-order valence-corrected chi connectivity index (χ3v) is 6.37. The molecule has 1 saturated heterocycles. The Kier molecular flexibility index (Phi) is 5.49. The van der Waals surface area contributed by atoms with Crippen LogP contribution in [0.2, 0.25) is 0 Å². The van der Waals surface area contributed by atoms with Crippen LogP contribution in [0.3, 0.4) is 0 Å². The van der Waals surface area contributed by atoms with Crippen molar-refractivity contribution in [3.05, 3.63) is 47.8 Å². The fraction of sp³-hybridized carbons (Fsp3) is 0.480. The van der Waals surface area contributed by atoms with Crippen LogP contribution < -0.4 is 9.64 Å². The van der Waals surface area contributed by atoms with Gasteiger partial charge < -0.3 is 14.5 Å². The number of amides is 1. The summed E-state index contributed by atoms with van der Waals surface area (Å²) in [5, 5.41) is 5.40. The molecule has 32 heavy (non-hydrogen) atoms. The van der Waals surface area contributed by atoms with E-state index in [1.807, 2.05) is 40.8 Å². The number of ether oxygens (including phenoxy) is 1. The van der Waals surface area contributed by atoms with Gasteiger partial charge in [0.2, 0.25) is 0 Å². The summed E-state index contributed by atoms with van der Waals surface area (Å²) in [6.45, 7) is 9.76. The van der Waals surface area contributed by atoms with Crippen LogP contribution in [-0.2, 0) is 0 Å². The van der Waals surface area contributed by atoms with E-state index in [1.54, 1.807) is 6.20 Å². The van der Waals surface area contributed by atoms with E-state index in [4.69, 9.17) is 9.72 Å². The number of carbonyl (C=O) groups is 1. The van der Waals surface area contributed by atoms with Gasteiger partial charge in [0.15, 0.2) is 5.65 Å². The van der Waals surface area contributed by atoms with Gasteiger partial charge in [-0.2, -0.15) is 5.10 Å². The number of anilines is 1. The van der Waals surface area contributed by atoms with Crippen molar-refractivity contribution in [2.75, 3.05) is 37.7 Å². The van der Waals surface area contributed by atoms with Crippen LogP contribution in [0.25, 0.3) is 11.0 Å². The van der Waals surface area contributed by atoms with Crippen molar-refractivity contribution in [3.8, 4) is 5.75 Å². The molecule has 1 aliphatic heterocycles. The smallest absolute Gasteiger partial charge is 0.254 e. The Bertz CT molecular complexity index is 1130. The molecule has 0 N–H and O–H groups in total. The van der Waals surface area contributed by atoms with E-state index in [2.05, 4.69) is 29.9 Å². The zero-order chi connectivity index (χ0) is 22.2. The SMILES string of the molecule is CCOc1ccccc1N1CCN(C(=O)c2cc(C3CC3)nc3c2cnn3C(C)C)CC1. The van der Waals surface area contributed by atoms with Crippen molar-refractivity contribution in [1.29, 1.82) is 0 Å². The van der Waals surface area contributed by atoms with Gasteiger partial charge in [-0.25, -0.2) is 9.67 Å². The Hall–Kier alpha value is -3.09. The number of benzene rings is 1. The van der Waals surface area contributed by atoms with E-state index in [0.29, 0.717) is 25.6 Å². The molecule has 3 aromatic rings. The Morgan fingerprint density at radius 3 is 2.59 bits per heavy atom. The second-order valence-electron chi connectivity index (χ2n) is 8.97. The predicted molar refractivity (Wildman–Crippen MR) is 126 cm³/mol. The normalized spacial score (nSPS) is 16.8. The lowest BCUT2D eigenvalue weighted by molar-refractivity contribution is 0.0748. The highest BCUT2D eigenvalue weighted by atomic mass is 16.5. The van der Waals surface area contributed by atoms with Crippen LogP contribution in [0.1, 0.15) is 61.6 Å². The Morgan fingerprint density at radius 2 is 1.91 bits per heavy atom. The number of para-hydroxylation sites is 2. The highest BCUT2D eigenvalue weighted by molar-refractivity contribution is 6.05. The Morgan fingerprint density at radius 1 is 1.16 bits per heavy atom. The van der Waals surface area contributed by atoms with Gasteiger partial charge in [0, 0.05) is 43.8 Å². The fourth-order valence-electron chi connectivity index (χ4n) is 4.50. The first kappa shape index (κ1) is 20.8. The second-order valence-corrected chi connectivity index (χ2v) is 8.97. The molecule has 0 atom stereocenters. The largest absolute Gasteiger partial charge is 0.492 e. The molecule has 168 valence electrons. The van der Waals surface area contributed by atoms with Crippen molar-refractivity contribution in [3.63, 3.8) is 0 Å². The minimum absolute atomic E-state index is 0.0837. The summed E-state index contributed by atoms with van der Waals surface area (Å²) in [4.78, 5) is 22.8. The van der Waals surface area contributed by atoms with Crippen LogP contribution in [0.5, 0.6) is 5.75 Å². The van der Waals surface area contributed by atoms with Gasteiger partial charge in [0.05, 0.1) is 29.4 Å². The molecule has 0 radical (unpaired) electrons. The molecule has 5 rings (SSSR count). The first-order chi connectivity index (χ1) is 15.6. The van der Waals surface area contributed by atoms with Crippen molar-refractivity contribution in [2.24, 2.45) is 0 Å². The number of pyridine rings is 1. The zero-order valence-corrected chi connectivity index (χ0v) is 19.1.